The average Bonchev–Trinajstić information content (AvgIpc) is 3.86. The van der Waals surface area contributed by atoms with Crippen molar-refractivity contribution in [2.75, 3.05) is 40.8 Å². The number of aromatic amines is 1. The van der Waals surface area contributed by atoms with Gasteiger partial charge in [0.15, 0.2) is 0 Å². The van der Waals surface area contributed by atoms with Crippen molar-refractivity contribution < 1.29 is 0 Å². The first-order valence-corrected chi connectivity index (χ1v) is 19.3. The monoisotopic (exact) mass is 709 g/mol. The van der Waals surface area contributed by atoms with E-state index in [4.69, 9.17) is 4.98 Å². The highest BCUT2D eigenvalue weighted by atomic mass is 15.2. The molecule has 0 spiro atoms. The topological polar surface area (TPSA) is 71.6 Å². The van der Waals surface area contributed by atoms with Gasteiger partial charge in [-0.3, -0.25) is 9.89 Å². The van der Waals surface area contributed by atoms with Crippen molar-refractivity contribution in [2.24, 2.45) is 10.9 Å². The van der Waals surface area contributed by atoms with Gasteiger partial charge in [0.1, 0.15) is 5.82 Å². The number of allylic oxidation sites excluding steroid dienone is 4. The SMILES string of the molecule is C=N/C=C(\NCCC(c1ccccc1C)C(C)(C)NC)C1C=CC(c2ccc(-c3cnc(C4CCCN4CC(c4ccccc4)N(C)C)[nH]3)cc2)=CC1. The minimum atomic E-state index is -0.0400. The zero-order valence-corrected chi connectivity index (χ0v) is 32.6. The fraction of sp³-hybridized carbons (Fsp3) is 0.391. The van der Waals surface area contributed by atoms with Crippen LogP contribution >= 0.6 is 0 Å². The summed E-state index contributed by atoms with van der Waals surface area (Å²) in [7, 11) is 6.41. The number of aliphatic imine (C=N–C) groups is 1. The number of aryl methyl sites for hydroxylation is 1. The number of nitrogens with one attached hydrogen (secondary N) is 3. The molecule has 0 bridgehead atoms. The summed E-state index contributed by atoms with van der Waals surface area (Å²) in [6.45, 7) is 13.5. The second-order valence-electron chi connectivity index (χ2n) is 15.5. The summed E-state index contributed by atoms with van der Waals surface area (Å²) in [5.74, 6) is 1.66. The molecule has 53 heavy (non-hydrogen) atoms. The van der Waals surface area contributed by atoms with Crippen molar-refractivity contribution in [3.05, 3.63) is 143 Å². The number of nitrogens with zero attached hydrogens (tertiary/aromatic N) is 4. The molecule has 7 heteroatoms. The molecule has 4 unspecified atom stereocenters. The Bertz CT molecular complexity index is 1880. The van der Waals surface area contributed by atoms with Crippen molar-refractivity contribution in [3.8, 4) is 11.3 Å². The summed E-state index contributed by atoms with van der Waals surface area (Å²) in [5.41, 5.74) is 9.86. The molecule has 4 aromatic rings. The molecule has 3 aromatic carbocycles. The Morgan fingerprint density at radius 1 is 1.06 bits per heavy atom. The lowest BCUT2D eigenvalue weighted by molar-refractivity contribution is 0.169. The van der Waals surface area contributed by atoms with Gasteiger partial charge in [-0.25, -0.2) is 4.98 Å². The third kappa shape index (κ3) is 9.15. The van der Waals surface area contributed by atoms with Crippen molar-refractivity contribution in [1.29, 1.82) is 0 Å². The van der Waals surface area contributed by atoms with E-state index in [1.165, 1.54) is 34.2 Å². The fourth-order valence-corrected chi connectivity index (χ4v) is 8.17. The van der Waals surface area contributed by atoms with E-state index in [0.717, 1.165) is 61.7 Å². The summed E-state index contributed by atoms with van der Waals surface area (Å²) in [4.78, 5) is 17.7. The highest BCUT2D eigenvalue weighted by molar-refractivity contribution is 5.76. The maximum atomic E-state index is 4.91. The zero-order valence-electron chi connectivity index (χ0n) is 32.6. The largest absolute Gasteiger partial charge is 0.387 e. The minimum absolute atomic E-state index is 0.0400. The molecule has 6 rings (SSSR count). The van der Waals surface area contributed by atoms with E-state index in [2.05, 4.69) is 176 Å². The quantitative estimate of drug-likeness (QED) is 0.101. The summed E-state index contributed by atoms with van der Waals surface area (Å²) in [6, 6.07) is 29.1. The van der Waals surface area contributed by atoms with Gasteiger partial charge in [-0.2, -0.15) is 0 Å². The molecular formula is C46H59N7. The number of benzene rings is 3. The Morgan fingerprint density at radius 3 is 2.47 bits per heavy atom. The lowest BCUT2D eigenvalue weighted by Crippen LogP contribution is -2.43. The van der Waals surface area contributed by atoms with Gasteiger partial charge in [0, 0.05) is 48.4 Å². The molecular weight excluding hydrogens is 651 g/mol. The highest BCUT2D eigenvalue weighted by Gasteiger charge is 2.32. The predicted octanol–water partition coefficient (Wildman–Crippen LogP) is 9.09. The molecule has 1 aliphatic heterocycles. The van der Waals surface area contributed by atoms with Crippen LogP contribution in [0.25, 0.3) is 16.8 Å². The number of hydrogen-bond donors (Lipinski definition) is 3. The number of likely N-dealkylation sites (N-methyl/N-ethyl adjacent to an activating group) is 2. The van der Waals surface area contributed by atoms with Gasteiger partial charge in [-0.15, -0.1) is 0 Å². The van der Waals surface area contributed by atoms with Gasteiger partial charge in [-0.05, 0) is 114 Å². The summed E-state index contributed by atoms with van der Waals surface area (Å²) < 4.78 is 0. The van der Waals surface area contributed by atoms with Crippen LogP contribution in [0.4, 0.5) is 0 Å². The highest BCUT2D eigenvalue weighted by Crippen LogP contribution is 2.36. The van der Waals surface area contributed by atoms with E-state index in [-0.39, 0.29) is 11.5 Å². The molecule has 0 amide bonds. The lowest BCUT2D eigenvalue weighted by Gasteiger charge is -2.36. The molecule has 7 nitrogen and oxygen atoms in total. The number of imidazole rings is 1. The Morgan fingerprint density at radius 2 is 1.79 bits per heavy atom. The summed E-state index contributed by atoms with van der Waals surface area (Å²) in [5, 5.41) is 7.29. The van der Waals surface area contributed by atoms with Crippen LogP contribution in [0.2, 0.25) is 0 Å². The van der Waals surface area contributed by atoms with E-state index in [9.17, 15) is 0 Å². The Kier molecular flexibility index (Phi) is 12.6. The molecule has 0 radical (unpaired) electrons. The summed E-state index contributed by atoms with van der Waals surface area (Å²) >= 11 is 0. The first kappa shape index (κ1) is 38.2. The molecule has 278 valence electrons. The predicted molar refractivity (Wildman–Crippen MR) is 223 cm³/mol. The maximum absolute atomic E-state index is 4.91. The third-order valence-corrected chi connectivity index (χ3v) is 11.6. The minimum Gasteiger partial charge on any atom is -0.387 e. The van der Waals surface area contributed by atoms with Crippen LogP contribution in [-0.4, -0.2) is 72.8 Å². The number of H-pyrrole nitrogens is 1. The summed E-state index contributed by atoms with van der Waals surface area (Å²) in [6.07, 6.45) is 15.0. The molecule has 1 saturated heterocycles. The molecule has 0 saturated carbocycles. The molecule has 2 aliphatic rings. The van der Waals surface area contributed by atoms with E-state index in [1.54, 1.807) is 0 Å². The normalized spacial score (nSPS) is 19.3. The number of likely N-dealkylation sites (tertiary alicyclic amines) is 1. The van der Waals surface area contributed by atoms with Gasteiger partial charge in [-0.1, -0.05) is 97.1 Å². The van der Waals surface area contributed by atoms with Crippen LogP contribution in [0, 0.1) is 12.8 Å². The molecule has 4 atom stereocenters. The van der Waals surface area contributed by atoms with Gasteiger partial charge < -0.3 is 20.5 Å². The van der Waals surface area contributed by atoms with Crippen LogP contribution < -0.4 is 10.6 Å². The van der Waals surface area contributed by atoms with Crippen molar-refractivity contribution in [2.45, 2.75) is 70.0 Å². The van der Waals surface area contributed by atoms with Crippen LogP contribution in [-0.2, 0) is 0 Å². The van der Waals surface area contributed by atoms with Gasteiger partial charge in [0.25, 0.3) is 0 Å². The van der Waals surface area contributed by atoms with Crippen LogP contribution in [0.1, 0.15) is 85.6 Å². The second kappa shape index (κ2) is 17.5. The number of rotatable bonds is 16. The molecule has 1 aromatic heterocycles. The molecule has 3 N–H and O–H groups in total. The number of aromatic nitrogens is 2. The molecule has 1 aliphatic carbocycles. The fourth-order valence-electron chi connectivity index (χ4n) is 8.17. The maximum Gasteiger partial charge on any atom is 0.123 e. The second-order valence-corrected chi connectivity index (χ2v) is 15.5. The van der Waals surface area contributed by atoms with E-state index in [1.807, 2.05) is 12.4 Å². The Hall–Kier alpha value is -4.56. The van der Waals surface area contributed by atoms with Crippen LogP contribution in [0.15, 0.2) is 120 Å². The van der Waals surface area contributed by atoms with Gasteiger partial charge in [0.05, 0.1) is 17.9 Å². The third-order valence-electron chi connectivity index (χ3n) is 11.6. The zero-order chi connectivity index (χ0) is 37.4. The lowest BCUT2D eigenvalue weighted by atomic mass is 9.78. The van der Waals surface area contributed by atoms with Gasteiger partial charge >= 0.3 is 0 Å². The van der Waals surface area contributed by atoms with Crippen LogP contribution in [0.5, 0.6) is 0 Å². The first-order valence-electron chi connectivity index (χ1n) is 19.3. The average molecular weight is 710 g/mol. The van der Waals surface area contributed by atoms with Crippen molar-refractivity contribution in [3.63, 3.8) is 0 Å². The Balaban J connectivity index is 1.06. The van der Waals surface area contributed by atoms with E-state index >= 15 is 0 Å². The van der Waals surface area contributed by atoms with Crippen molar-refractivity contribution >= 4 is 12.3 Å². The van der Waals surface area contributed by atoms with E-state index in [0.29, 0.717) is 18.0 Å². The standard InChI is InChI=1S/C46H59N7/c1-33-14-11-12-17-39(33)40(46(2,3)48-5)27-28-49-41(30-47-4)36-23-19-34(20-24-36)35-21-25-37(26-22-35)42-31-50-45(51-42)43-18-13-29-53(43)32-44(52(6)7)38-15-9-8-10-16-38/h8-12,14-17,19-23,25-26,30-31,36,40,43-44,48-49H,4,13,18,24,27-29,32H2,1-3,5-7H3,(H,50,51)/b41-30-. The van der Waals surface area contributed by atoms with Crippen molar-refractivity contribution in [1.82, 2.24) is 30.4 Å². The Labute approximate surface area is 318 Å². The van der Waals surface area contributed by atoms with Crippen LogP contribution in [0.3, 0.4) is 0 Å². The smallest absolute Gasteiger partial charge is 0.123 e. The number of hydrogen-bond acceptors (Lipinski definition) is 6. The molecule has 1 fully saturated rings. The van der Waals surface area contributed by atoms with E-state index < -0.39 is 0 Å². The van der Waals surface area contributed by atoms with Gasteiger partial charge in [0.2, 0.25) is 0 Å². The molecule has 2 heterocycles. The first-order chi connectivity index (χ1) is 25.7.